The molecule has 1 N–H and O–H groups in total. The van der Waals surface area contributed by atoms with Crippen LogP contribution in [-0.2, 0) is 14.6 Å². The predicted molar refractivity (Wildman–Crippen MR) is 78.4 cm³/mol. The van der Waals surface area contributed by atoms with Crippen LogP contribution in [0.2, 0.25) is 0 Å². The van der Waals surface area contributed by atoms with E-state index in [1.165, 1.54) is 11.1 Å². The molecule has 1 unspecified atom stereocenters. The molecule has 0 bridgehead atoms. The van der Waals surface area contributed by atoms with E-state index in [1.54, 1.807) is 25.1 Å². The van der Waals surface area contributed by atoms with Crippen molar-refractivity contribution in [3.63, 3.8) is 0 Å². The first-order valence-electron chi connectivity index (χ1n) is 6.48. The molecule has 2 heterocycles. The van der Waals surface area contributed by atoms with E-state index in [2.05, 4.69) is 9.97 Å². The summed E-state index contributed by atoms with van der Waals surface area (Å²) in [5, 5.41) is 9.07. The monoisotopic (exact) mass is 314 g/mol. The number of carboxylic acids is 1. The Hall–Kier alpha value is -1.90. The standard InChI is InChI=1S/C12H18N4O4S/c1-15(2)12-13-5-3-10(14-12)16(7-11(17)18)9-4-6-21(19,20)8-9/h3,5,9H,4,6-8H2,1-2H3,(H,17,18). The molecule has 1 fully saturated rings. The van der Waals surface area contributed by atoms with E-state index in [0.717, 1.165) is 0 Å². The molecule has 8 nitrogen and oxygen atoms in total. The first-order valence-corrected chi connectivity index (χ1v) is 8.30. The van der Waals surface area contributed by atoms with E-state index < -0.39 is 15.8 Å². The van der Waals surface area contributed by atoms with Crippen molar-refractivity contribution < 1.29 is 18.3 Å². The summed E-state index contributed by atoms with van der Waals surface area (Å²) in [6.07, 6.45) is 1.95. The van der Waals surface area contributed by atoms with Crippen LogP contribution in [0, 0.1) is 0 Å². The smallest absolute Gasteiger partial charge is 0.323 e. The van der Waals surface area contributed by atoms with E-state index in [1.807, 2.05) is 0 Å². The lowest BCUT2D eigenvalue weighted by molar-refractivity contribution is -0.135. The Morgan fingerprint density at radius 3 is 2.71 bits per heavy atom. The van der Waals surface area contributed by atoms with Gasteiger partial charge in [0.2, 0.25) is 5.95 Å². The Bertz CT molecular complexity index is 632. The van der Waals surface area contributed by atoms with Crippen molar-refractivity contribution in [3.8, 4) is 0 Å². The summed E-state index contributed by atoms with van der Waals surface area (Å²) in [6, 6.07) is 1.23. The second kappa shape index (κ2) is 5.84. The third-order valence-electron chi connectivity index (χ3n) is 3.28. The molecule has 0 saturated carbocycles. The maximum Gasteiger partial charge on any atom is 0.323 e. The maximum atomic E-state index is 11.6. The van der Waals surface area contributed by atoms with Gasteiger partial charge in [0.05, 0.1) is 11.5 Å². The minimum Gasteiger partial charge on any atom is -0.480 e. The number of hydrogen-bond donors (Lipinski definition) is 1. The van der Waals surface area contributed by atoms with Crippen molar-refractivity contribution in [2.75, 3.05) is 41.9 Å². The summed E-state index contributed by atoms with van der Waals surface area (Å²) in [6.45, 7) is -0.288. The third kappa shape index (κ3) is 3.81. The Morgan fingerprint density at radius 1 is 1.48 bits per heavy atom. The fourth-order valence-corrected chi connectivity index (χ4v) is 4.01. The van der Waals surface area contributed by atoms with Crippen molar-refractivity contribution in [2.45, 2.75) is 12.5 Å². The number of aliphatic carboxylic acids is 1. The van der Waals surface area contributed by atoms with Crippen molar-refractivity contribution in [3.05, 3.63) is 12.3 Å². The first-order chi connectivity index (χ1) is 9.78. The van der Waals surface area contributed by atoms with Gasteiger partial charge in [-0.25, -0.2) is 13.4 Å². The Kier molecular flexibility index (Phi) is 4.31. The summed E-state index contributed by atoms with van der Waals surface area (Å²) in [5.41, 5.74) is 0. The topological polar surface area (TPSA) is 104 Å². The molecule has 1 aliphatic rings. The van der Waals surface area contributed by atoms with Gasteiger partial charge in [0, 0.05) is 26.3 Å². The molecule has 0 spiro atoms. The van der Waals surface area contributed by atoms with Gasteiger partial charge < -0.3 is 14.9 Å². The number of carbonyl (C=O) groups is 1. The van der Waals surface area contributed by atoms with E-state index in [0.29, 0.717) is 18.2 Å². The van der Waals surface area contributed by atoms with E-state index in [4.69, 9.17) is 5.11 Å². The van der Waals surface area contributed by atoms with Crippen LogP contribution in [0.15, 0.2) is 12.3 Å². The zero-order valence-electron chi connectivity index (χ0n) is 11.9. The molecule has 1 aliphatic heterocycles. The molecule has 0 aromatic carbocycles. The summed E-state index contributed by atoms with van der Waals surface area (Å²) in [7, 11) is 0.458. The van der Waals surface area contributed by atoms with Crippen LogP contribution < -0.4 is 9.80 Å². The molecule has 1 aromatic rings. The van der Waals surface area contributed by atoms with Gasteiger partial charge in [0.1, 0.15) is 12.4 Å². The fraction of sp³-hybridized carbons (Fsp3) is 0.583. The van der Waals surface area contributed by atoms with Crippen molar-refractivity contribution in [1.82, 2.24) is 9.97 Å². The zero-order chi connectivity index (χ0) is 15.6. The number of carboxylic acid groups (broad SMARTS) is 1. The van der Waals surface area contributed by atoms with Crippen LogP contribution >= 0.6 is 0 Å². The van der Waals surface area contributed by atoms with Gasteiger partial charge >= 0.3 is 5.97 Å². The second-order valence-corrected chi connectivity index (χ2v) is 7.42. The molecule has 116 valence electrons. The van der Waals surface area contributed by atoms with Crippen LogP contribution in [-0.4, -0.2) is 67.6 Å². The van der Waals surface area contributed by atoms with Gasteiger partial charge in [-0.3, -0.25) is 4.79 Å². The zero-order valence-corrected chi connectivity index (χ0v) is 12.7. The molecular formula is C12H18N4O4S. The van der Waals surface area contributed by atoms with Crippen LogP contribution in [0.4, 0.5) is 11.8 Å². The fourth-order valence-electron chi connectivity index (χ4n) is 2.28. The lowest BCUT2D eigenvalue weighted by atomic mass is 10.2. The number of aromatic nitrogens is 2. The summed E-state index contributed by atoms with van der Waals surface area (Å²) >= 11 is 0. The SMILES string of the molecule is CN(C)c1nccc(N(CC(=O)O)C2CCS(=O)(=O)C2)n1. The molecular weight excluding hydrogens is 296 g/mol. The molecule has 1 saturated heterocycles. The molecule has 2 rings (SSSR count). The summed E-state index contributed by atoms with van der Waals surface area (Å²) in [5.74, 6) is -0.104. The molecule has 0 amide bonds. The van der Waals surface area contributed by atoms with E-state index in [-0.39, 0.29) is 24.1 Å². The number of anilines is 2. The highest BCUT2D eigenvalue weighted by atomic mass is 32.2. The Morgan fingerprint density at radius 2 is 2.19 bits per heavy atom. The van der Waals surface area contributed by atoms with E-state index >= 15 is 0 Å². The molecule has 0 radical (unpaired) electrons. The number of nitrogens with zero attached hydrogens (tertiary/aromatic N) is 4. The van der Waals surface area contributed by atoms with Crippen molar-refractivity contribution >= 4 is 27.6 Å². The molecule has 1 aromatic heterocycles. The molecule has 1 atom stereocenters. The number of rotatable bonds is 5. The minimum atomic E-state index is -3.10. The average molecular weight is 314 g/mol. The highest BCUT2D eigenvalue weighted by Crippen LogP contribution is 2.23. The Labute approximate surface area is 123 Å². The number of sulfone groups is 1. The Balaban J connectivity index is 2.32. The predicted octanol–water partition coefficient (Wildman–Crippen LogP) is -0.379. The number of hydrogen-bond acceptors (Lipinski definition) is 7. The third-order valence-corrected chi connectivity index (χ3v) is 5.03. The van der Waals surface area contributed by atoms with Crippen LogP contribution in [0.25, 0.3) is 0 Å². The molecule has 21 heavy (non-hydrogen) atoms. The van der Waals surface area contributed by atoms with Crippen LogP contribution in [0.3, 0.4) is 0 Å². The second-order valence-electron chi connectivity index (χ2n) is 5.19. The normalized spacial score (nSPS) is 20.2. The largest absolute Gasteiger partial charge is 0.480 e. The summed E-state index contributed by atoms with van der Waals surface area (Å²) < 4.78 is 23.2. The first kappa shape index (κ1) is 15.5. The quantitative estimate of drug-likeness (QED) is 0.784. The minimum absolute atomic E-state index is 0.0401. The highest BCUT2D eigenvalue weighted by Gasteiger charge is 2.34. The lowest BCUT2D eigenvalue weighted by Crippen LogP contribution is -2.40. The van der Waals surface area contributed by atoms with Gasteiger partial charge in [-0.2, -0.15) is 4.98 Å². The highest BCUT2D eigenvalue weighted by molar-refractivity contribution is 7.91. The van der Waals surface area contributed by atoms with Crippen molar-refractivity contribution in [2.24, 2.45) is 0 Å². The van der Waals surface area contributed by atoms with Gasteiger partial charge in [0.15, 0.2) is 9.84 Å². The van der Waals surface area contributed by atoms with Gasteiger partial charge in [-0.05, 0) is 12.5 Å². The van der Waals surface area contributed by atoms with Gasteiger partial charge in [-0.1, -0.05) is 0 Å². The van der Waals surface area contributed by atoms with E-state index in [9.17, 15) is 13.2 Å². The average Bonchev–Trinajstić information content (AvgIpc) is 2.76. The summed E-state index contributed by atoms with van der Waals surface area (Å²) in [4.78, 5) is 22.7. The van der Waals surface area contributed by atoms with Gasteiger partial charge in [0.25, 0.3) is 0 Å². The van der Waals surface area contributed by atoms with Crippen LogP contribution in [0.5, 0.6) is 0 Å². The van der Waals surface area contributed by atoms with Crippen molar-refractivity contribution in [1.29, 1.82) is 0 Å². The molecule has 0 aliphatic carbocycles. The lowest BCUT2D eigenvalue weighted by Gasteiger charge is -2.28. The maximum absolute atomic E-state index is 11.6. The van der Waals surface area contributed by atoms with Crippen LogP contribution in [0.1, 0.15) is 6.42 Å². The molecule has 9 heteroatoms. The van der Waals surface area contributed by atoms with Gasteiger partial charge in [-0.15, -0.1) is 0 Å².